The average molecular weight is 210 g/mol. The molecule has 1 rings (SSSR count). The number of aliphatic hydroxyl groups excluding tert-OH is 1. The van der Waals surface area contributed by atoms with Gasteiger partial charge in [0.1, 0.15) is 5.76 Å². The molecule has 15 heavy (non-hydrogen) atoms. The van der Waals surface area contributed by atoms with Gasteiger partial charge in [-0.3, -0.25) is 0 Å². The zero-order valence-electron chi connectivity index (χ0n) is 8.51. The summed E-state index contributed by atoms with van der Waals surface area (Å²) >= 11 is 0. The molecule has 1 heterocycles. The van der Waals surface area contributed by atoms with E-state index in [1.54, 1.807) is 18.2 Å². The van der Waals surface area contributed by atoms with Crippen LogP contribution in [0.4, 0.5) is 0 Å². The molecule has 4 heteroatoms. The van der Waals surface area contributed by atoms with Gasteiger partial charge in [0.05, 0.1) is 6.10 Å². The van der Waals surface area contributed by atoms with E-state index in [1.807, 2.05) is 6.92 Å². The third-order valence-electron chi connectivity index (χ3n) is 2.15. The standard InChI is InChI=1S/C11H14O4/c1-3-4-5-8-7(2)15-10(11(13)14)6-9(8)12/h3-5,9-10,12H,2,6H2,1H3,(H,13,14)/b4-3-,8-5+. The minimum atomic E-state index is -1.08. The number of rotatable bonds is 2. The Morgan fingerprint density at radius 2 is 2.33 bits per heavy atom. The molecule has 0 spiro atoms. The number of carbonyl (C=O) groups is 1. The van der Waals surface area contributed by atoms with Crippen LogP contribution in [0.25, 0.3) is 0 Å². The summed E-state index contributed by atoms with van der Waals surface area (Å²) in [7, 11) is 0. The molecule has 1 saturated heterocycles. The van der Waals surface area contributed by atoms with Gasteiger partial charge in [0.25, 0.3) is 0 Å². The lowest BCUT2D eigenvalue weighted by Gasteiger charge is -2.28. The number of aliphatic hydroxyl groups is 1. The molecule has 0 saturated carbocycles. The van der Waals surface area contributed by atoms with Gasteiger partial charge in [-0.1, -0.05) is 24.8 Å². The first-order valence-electron chi connectivity index (χ1n) is 4.66. The Bertz CT molecular complexity index is 327. The Morgan fingerprint density at radius 1 is 1.67 bits per heavy atom. The summed E-state index contributed by atoms with van der Waals surface area (Å²) in [6, 6.07) is 0. The Morgan fingerprint density at radius 3 is 2.80 bits per heavy atom. The lowest BCUT2D eigenvalue weighted by molar-refractivity contribution is -0.150. The Kier molecular flexibility index (Phi) is 3.68. The highest BCUT2D eigenvalue weighted by Crippen LogP contribution is 2.27. The second kappa shape index (κ2) is 4.79. The highest BCUT2D eigenvalue weighted by Gasteiger charge is 2.32. The molecule has 2 N–H and O–H groups in total. The van der Waals surface area contributed by atoms with Gasteiger partial charge in [0.15, 0.2) is 6.10 Å². The van der Waals surface area contributed by atoms with E-state index in [0.29, 0.717) is 5.57 Å². The van der Waals surface area contributed by atoms with E-state index < -0.39 is 18.2 Å². The molecule has 1 aliphatic rings. The van der Waals surface area contributed by atoms with Crippen LogP contribution in [0.3, 0.4) is 0 Å². The monoisotopic (exact) mass is 210 g/mol. The second-order valence-electron chi connectivity index (χ2n) is 3.27. The number of aliphatic carboxylic acids is 1. The molecule has 0 radical (unpaired) electrons. The largest absolute Gasteiger partial charge is 0.479 e. The number of carboxylic acids is 1. The summed E-state index contributed by atoms with van der Waals surface area (Å²) in [5, 5.41) is 18.4. The summed E-state index contributed by atoms with van der Waals surface area (Å²) in [5.74, 6) is -0.862. The maximum absolute atomic E-state index is 10.7. The lowest BCUT2D eigenvalue weighted by Crippen LogP contribution is -2.35. The Labute approximate surface area is 88.2 Å². The van der Waals surface area contributed by atoms with E-state index in [2.05, 4.69) is 6.58 Å². The number of ether oxygens (including phenoxy) is 1. The fraction of sp³-hybridized carbons (Fsp3) is 0.364. The van der Waals surface area contributed by atoms with Gasteiger partial charge in [-0.05, 0) is 6.92 Å². The fourth-order valence-corrected chi connectivity index (χ4v) is 1.36. The predicted octanol–water partition coefficient (Wildman–Crippen LogP) is 1.24. The van der Waals surface area contributed by atoms with Gasteiger partial charge >= 0.3 is 5.97 Å². The molecule has 0 aliphatic carbocycles. The van der Waals surface area contributed by atoms with Crippen LogP contribution in [0.2, 0.25) is 0 Å². The first kappa shape index (κ1) is 11.5. The minimum Gasteiger partial charge on any atom is -0.479 e. The van der Waals surface area contributed by atoms with Crippen molar-refractivity contribution in [2.75, 3.05) is 0 Å². The smallest absolute Gasteiger partial charge is 0.345 e. The van der Waals surface area contributed by atoms with Crippen LogP contribution in [0, 0.1) is 0 Å². The van der Waals surface area contributed by atoms with Crippen molar-refractivity contribution in [3.8, 4) is 0 Å². The van der Waals surface area contributed by atoms with Crippen LogP contribution in [0.1, 0.15) is 13.3 Å². The van der Waals surface area contributed by atoms with E-state index in [1.165, 1.54) is 0 Å². The Hall–Kier alpha value is -1.55. The topological polar surface area (TPSA) is 66.8 Å². The van der Waals surface area contributed by atoms with Crippen LogP contribution in [0.15, 0.2) is 36.1 Å². The van der Waals surface area contributed by atoms with Crippen molar-refractivity contribution < 1.29 is 19.7 Å². The number of carboxylic acid groups (broad SMARTS) is 1. The van der Waals surface area contributed by atoms with Gasteiger partial charge in [-0.2, -0.15) is 0 Å². The molecule has 0 aromatic rings. The molecule has 4 nitrogen and oxygen atoms in total. The molecule has 0 bridgehead atoms. The van der Waals surface area contributed by atoms with Crippen LogP contribution < -0.4 is 0 Å². The maximum atomic E-state index is 10.7. The van der Waals surface area contributed by atoms with E-state index >= 15 is 0 Å². The normalized spacial score (nSPS) is 29.5. The molecule has 82 valence electrons. The molecular weight excluding hydrogens is 196 g/mol. The second-order valence-corrected chi connectivity index (χ2v) is 3.27. The molecule has 0 amide bonds. The summed E-state index contributed by atoms with van der Waals surface area (Å²) < 4.78 is 5.07. The number of hydrogen-bond donors (Lipinski definition) is 2. The van der Waals surface area contributed by atoms with Gasteiger partial charge in [0.2, 0.25) is 0 Å². The first-order valence-corrected chi connectivity index (χ1v) is 4.66. The van der Waals surface area contributed by atoms with E-state index in [4.69, 9.17) is 9.84 Å². The van der Waals surface area contributed by atoms with Gasteiger partial charge in [-0.15, -0.1) is 0 Å². The zero-order chi connectivity index (χ0) is 11.4. The van der Waals surface area contributed by atoms with Crippen molar-refractivity contribution in [3.63, 3.8) is 0 Å². The summed E-state index contributed by atoms with van der Waals surface area (Å²) in [4.78, 5) is 10.7. The third-order valence-corrected chi connectivity index (χ3v) is 2.15. The number of hydrogen-bond acceptors (Lipinski definition) is 3. The number of allylic oxidation sites excluding steroid dienone is 3. The zero-order valence-corrected chi connectivity index (χ0v) is 8.51. The molecule has 2 unspecified atom stereocenters. The predicted molar refractivity (Wildman–Crippen MR) is 55.2 cm³/mol. The quantitative estimate of drug-likeness (QED) is 0.719. The van der Waals surface area contributed by atoms with Crippen molar-refractivity contribution in [1.29, 1.82) is 0 Å². The summed E-state index contributed by atoms with van der Waals surface area (Å²) in [5.41, 5.74) is 0.533. The van der Waals surface area contributed by atoms with Crippen molar-refractivity contribution >= 4 is 5.97 Å². The van der Waals surface area contributed by atoms with Crippen LogP contribution in [0.5, 0.6) is 0 Å². The molecule has 0 aromatic carbocycles. The molecular formula is C11H14O4. The minimum absolute atomic E-state index is 0.0533. The summed E-state index contributed by atoms with van der Waals surface area (Å²) in [6.07, 6.45) is 3.44. The highest BCUT2D eigenvalue weighted by atomic mass is 16.5. The van der Waals surface area contributed by atoms with Crippen molar-refractivity contribution in [2.24, 2.45) is 0 Å². The molecule has 1 aliphatic heterocycles. The third kappa shape index (κ3) is 2.70. The van der Waals surface area contributed by atoms with Crippen molar-refractivity contribution in [2.45, 2.75) is 25.6 Å². The van der Waals surface area contributed by atoms with Gasteiger partial charge < -0.3 is 14.9 Å². The van der Waals surface area contributed by atoms with Crippen LogP contribution >= 0.6 is 0 Å². The van der Waals surface area contributed by atoms with Crippen molar-refractivity contribution in [3.05, 3.63) is 36.1 Å². The van der Waals surface area contributed by atoms with Crippen LogP contribution in [-0.2, 0) is 9.53 Å². The van der Waals surface area contributed by atoms with Crippen LogP contribution in [-0.4, -0.2) is 28.4 Å². The first-order chi connectivity index (χ1) is 7.06. The molecule has 2 atom stereocenters. The average Bonchev–Trinajstić information content (AvgIpc) is 2.16. The van der Waals surface area contributed by atoms with Crippen molar-refractivity contribution in [1.82, 2.24) is 0 Å². The summed E-state index contributed by atoms with van der Waals surface area (Å²) in [6.45, 7) is 5.43. The van der Waals surface area contributed by atoms with Gasteiger partial charge in [-0.25, -0.2) is 4.79 Å². The molecule has 0 aromatic heterocycles. The van der Waals surface area contributed by atoms with E-state index in [-0.39, 0.29) is 12.2 Å². The Balaban J connectivity index is 2.82. The fourth-order valence-electron chi connectivity index (χ4n) is 1.36. The SMILES string of the molecule is C=C1OC(C(=O)O)CC(O)/C1=C/C=C\C. The molecule has 1 fully saturated rings. The highest BCUT2D eigenvalue weighted by molar-refractivity contribution is 5.73. The van der Waals surface area contributed by atoms with E-state index in [9.17, 15) is 9.90 Å². The van der Waals surface area contributed by atoms with E-state index in [0.717, 1.165) is 0 Å². The maximum Gasteiger partial charge on any atom is 0.345 e. The van der Waals surface area contributed by atoms with Gasteiger partial charge in [0, 0.05) is 12.0 Å². The lowest BCUT2D eigenvalue weighted by atomic mass is 9.98.